The van der Waals surface area contributed by atoms with Gasteiger partial charge in [-0.05, 0) is 31.2 Å². The van der Waals surface area contributed by atoms with Crippen LogP contribution in [0, 0.1) is 0 Å². The number of rotatable bonds is 3. The quantitative estimate of drug-likeness (QED) is 0.829. The van der Waals surface area contributed by atoms with Crippen LogP contribution < -0.4 is 4.74 Å². The molecule has 0 bridgehead atoms. The first-order valence-electron chi connectivity index (χ1n) is 4.91. The molecule has 1 heterocycles. The van der Waals surface area contributed by atoms with Gasteiger partial charge in [0.25, 0.3) is 0 Å². The molecule has 5 heteroatoms. The zero-order valence-electron chi connectivity index (χ0n) is 9.75. The Morgan fingerprint density at radius 1 is 1.35 bits per heavy atom. The smallest absolute Gasteiger partial charge is 0.344 e. The molecule has 0 fully saturated rings. The van der Waals surface area contributed by atoms with Crippen LogP contribution in [0.3, 0.4) is 0 Å². The van der Waals surface area contributed by atoms with E-state index in [2.05, 4.69) is 4.98 Å². The van der Waals surface area contributed by atoms with Crippen LogP contribution in [0.25, 0.3) is 10.9 Å². The number of fused-ring (bicyclic) bond motifs is 1. The second-order valence-corrected chi connectivity index (χ2v) is 3.42. The largest absolute Gasteiger partial charge is 0.479 e. The minimum atomic E-state index is -0.985. The maximum atomic E-state index is 10.7. The fourth-order valence-electron chi connectivity index (χ4n) is 1.42. The van der Waals surface area contributed by atoms with Crippen molar-refractivity contribution in [1.29, 1.82) is 0 Å². The number of carbonyl (C=O) groups is 1. The van der Waals surface area contributed by atoms with Gasteiger partial charge in [-0.25, -0.2) is 4.79 Å². The van der Waals surface area contributed by atoms with E-state index in [1.807, 2.05) is 12.1 Å². The Morgan fingerprint density at radius 2 is 2.12 bits per heavy atom. The van der Waals surface area contributed by atoms with E-state index in [9.17, 15) is 4.79 Å². The van der Waals surface area contributed by atoms with Gasteiger partial charge in [0, 0.05) is 41.1 Å². The van der Waals surface area contributed by atoms with Crippen molar-refractivity contribution in [2.75, 3.05) is 0 Å². The summed E-state index contributed by atoms with van der Waals surface area (Å²) in [5.74, 6) is -0.443. The van der Waals surface area contributed by atoms with Gasteiger partial charge in [0.15, 0.2) is 6.10 Å². The van der Waals surface area contributed by atoms with Gasteiger partial charge in [0.05, 0.1) is 5.52 Å². The number of hydrogen-bond donors (Lipinski definition) is 1. The van der Waals surface area contributed by atoms with Crippen LogP contribution >= 0.6 is 0 Å². The van der Waals surface area contributed by atoms with Crippen LogP contribution in [0.5, 0.6) is 5.75 Å². The summed E-state index contributed by atoms with van der Waals surface area (Å²) in [6.07, 6.45) is 0.818. The summed E-state index contributed by atoms with van der Waals surface area (Å²) >= 11 is 0. The number of aliphatic carboxylic acids is 1. The SMILES string of the molecule is C[C@H](Oc1cccc2ncccc12)C(=O)O.[Na]. The Bertz CT molecular complexity index is 525. The van der Waals surface area contributed by atoms with E-state index in [1.165, 1.54) is 6.92 Å². The van der Waals surface area contributed by atoms with Crippen LogP contribution in [0.2, 0.25) is 0 Å². The molecule has 1 aromatic carbocycles. The Labute approximate surface area is 121 Å². The second kappa shape index (κ2) is 6.00. The van der Waals surface area contributed by atoms with E-state index in [1.54, 1.807) is 24.4 Å². The molecule has 17 heavy (non-hydrogen) atoms. The number of aromatic nitrogens is 1. The molecule has 2 aromatic rings. The number of benzene rings is 1. The van der Waals surface area contributed by atoms with Gasteiger partial charge in [-0.15, -0.1) is 0 Å². The van der Waals surface area contributed by atoms with Crippen LogP contribution in [0.4, 0.5) is 0 Å². The topological polar surface area (TPSA) is 59.4 Å². The number of pyridine rings is 1. The summed E-state index contributed by atoms with van der Waals surface area (Å²) < 4.78 is 5.35. The van der Waals surface area contributed by atoms with Crippen LogP contribution in [0.15, 0.2) is 36.5 Å². The van der Waals surface area contributed by atoms with Gasteiger partial charge in [0.1, 0.15) is 5.75 Å². The molecular weight excluding hydrogens is 229 g/mol. The third-order valence-electron chi connectivity index (χ3n) is 2.26. The average molecular weight is 240 g/mol. The first kappa shape index (κ1) is 14.0. The van der Waals surface area contributed by atoms with Crippen molar-refractivity contribution in [3.8, 4) is 5.75 Å². The minimum Gasteiger partial charge on any atom is -0.479 e. The second-order valence-electron chi connectivity index (χ2n) is 3.42. The summed E-state index contributed by atoms with van der Waals surface area (Å²) in [4.78, 5) is 14.9. The van der Waals surface area contributed by atoms with E-state index in [0.29, 0.717) is 5.75 Å². The third-order valence-corrected chi connectivity index (χ3v) is 2.26. The Balaban J connectivity index is 0.00000144. The number of ether oxygens (including phenoxy) is 1. The Morgan fingerprint density at radius 3 is 2.82 bits per heavy atom. The monoisotopic (exact) mass is 240 g/mol. The van der Waals surface area contributed by atoms with Gasteiger partial charge in [0.2, 0.25) is 0 Å². The van der Waals surface area contributed by atoms with Crippen molar-refractivity contribution in [1.82, 2.24) is 4.98 Å². The first-order valence-corrected chi connectivity index (χ1v) is 4.91. The maximum Gasteiger partial charge on any atom is 0.344 e. The summed E-state index contributed by atoms with van der Waals surface area (Å²) in [5.41, 5.74) is 0.789. The normalized spacial score (nSPS) is 11.6. The zero-order chi connectivity index (χ0) is 11.5. The summed E-state index contributed by atoms with van der Waals surface area (Å²) in [6.45, 7) is 1.50. The number of hydrogen-bond acceptors (Lipinski definition) is 3. The predicted octanol–water partition coefficient (Wildman–Crippen LogP) is 1.71. The van der Waals surface area contributed by atoms with Gasteiger partial charge in [-0.1, -0.05) is 6.07 Å². The van der Waals surface area contributed by atoms with E-state index in [-0.39, 0.29) is 29.6 Å². The molecule has 4 nitrogen and oxygen atoms in total. The number of nitrogens with zero attached hydrogens (tertiary/aromatic N) is 1. The molecule has 1 radical (unpaired) electrons. The van der Waals surface area contributed by atoms with Crippen LogP contribution in [-0.4, -0.2) is 51.7 Å². The van der Waals surface area contributed by atoms with Gasteiger partial charge in [-0.3, -0.25) is 4.98 Å². The van der Waals surface area contributed by atoms with Crippen molar-refractivity contribution in [2.45, 2.75) is 13.0 Å². The molecule has 0 spiro atoms. The van der Waals surface area contributed by atoms with Crippen molar-refractivity contribution in [2.24, 2.45) is 0 Å². The summed E-state index contributed by atoms with van der Waals surface area (Å²) in [7, 11) is 0. The van der Waals surface area contributed by atoms with E-state index in [0.717, 1.165) is 10.9 Å². The van der Waals surface area contributed by atoms with Gasteiger partial charge in [-0.2, -0.15) is 0 Å². The zero-order valence-corrected chi connectivity index (χ0v) is 11.8. The van der Waals surface area contributed by atoms with Crippen LogP contribution in [0.1, 0.15) is 6.92 Å². The van der Waals surface area contributed by atoms with E-state index in [4.69, 9.17) is 9.84 Å². The molecular formula is C12H11NNaO3. The molecule has 0 amide bonds. The first-order chi connectivity index (χ1) is 7.68. The number of carboxylic acids is 1. The summed E-state index contributed by atoms with van der Waals surface area (Å²) in [6, 6.07) is 9.03. The summed E-state index contributed by atoms with van der Waals surface area (Å²) in [5, 5.41) is 9.59. The van der Waals surface area contributed by atoms with Crippen LogP contribution in [-0.2, 0) is 4.79 Å². The average Bonchev–Trinajstić information content (AvgIpc) is 2.29. The van der Waals surface area contributed by atoms with Gasteiger partial charge < -0.3 is 9.84 Å². The Kier molecular flexibility index (Phi) is 4.93. The molecule has 0 aliphatic heterocycles. The molecule has 0 saturated heterocycles. The standard InChI is InChI=1S/C12H11NO3.Na/c1-8(12(14)15)16-11-6-2-5-10-9(11)4-3-7-13-10;/h2-8H,1H3,(H,14,15);/t8-;/m0./s1. The predicted molar refractivity (Wildman–Crippen MR) is 65.2 cm³/mol. The number of carboxylic acid groups (broad SMARTS) is 1. The van der Waals surface area contributed by atoms with Gasteiger partial charge >= 0.3 is 5.97 Å². The molecule has 0 saturated carbocycles. The molecule has 0 aliphatic rings. The molecule has 1 N–H and O–H groups in total. The van der Waals surface area contributed by atoms with Crippen molar-refractivity contribution >= 4 is 46.4 Å². The molecule has 0 unspecified atom stereocenters. The molecule has 1 atom stereocenters. The van der Waals surface area contributed by atoms with Crippen molar-refractivity contribution < 1.29 is 14.6 Å². The maximum absolute atomic E-state index is 10.7. The minimum absolute atomic E-state index is 0. The van der Waals surface area contributed by atoms with E-state index < -0.39 is 12.1 Å². The van der Waals surface area contributed by atoms with Crippen molar-refractivity contribution in [3.05, 3.63) is 36.5 Å². The molecule has 1 aromatic heterocycles. The molecule has 83 valence electrons. The fourth-order valence-corrected chi connectivity index (χ4v) is 1.42. The third kappa shape index (κ3) is 3.19. The van der Waals surface area contributed by atoms with Crippen molar-refractivity contribution in [3.63, 3.8) is 0 Å². The molecule has 0 aliphatic carbocycles. The molecule has 2 rings (SSSR count). The fraction of sp³-hybridized carbons (Fsp3) is 0.167. The van der Waals surface area contributed by atoms with E-state index >= 15 is 0 Å². The Hall–Kier alpha value is -1.10.